The van der Waals surface area contributed by atoms with E-state index in [-0.39, 0.29) is 0 Å². The minimum Gasteiger partial charge on any atom is -0.383 e. The molecule has 1 heterocycles. The highest BCUT2D eigenvalue weighted by atomic mass is 16.5. The van der Waals surface area contributed by atoms with Crippen molar-refractivity contribution in [3.8, 4) is 0 Å². The monoisotopic (exact) mass is 226 g/mol. The number of rotatable bonds is 6. The van der Waals surface area contributed by atoms with E-state index in [1.165, 1.54) is 18.5 Å². The van der Waals surface area contributed by atoms with Crippen molar-refractivity contribution in [2.45, 2.75) is 26.3 Å². The fraction of sp³-hybridized carbons (Fsp3) is 0.846. The molecule has 1 aliphatic heterocycles. The molecule has 3 heteroatoms. The van der Waals surface area contributed by atoms with E-state index in [4.69, 9.17) is 4.74 Å². The van der Waals surface area contributed by atoms with E-state index < -0.39 is 0 Å². The fourth-order valence-corrected chi connectivity index (χ4v) is 2.37. The van der Waals surface area contributed by atoms with Gasteiger partial charge in [0.1, 0.15) is 0 Å². The molecule has 3 nitrogen and oxygen atoms in total. The van der Waals surface area contributed by atoms with Gasteiger partial charge in [-0.3, -0.25) is 9.80 Å². The molecular weight excluding hydrogens is 200 g/mol. The average molecular weight is 226 g/mol. The topological polar surface area (TPSA) is 15.7 Å². The van der Waals surface area contributed by atoms with Gasteiger partial charge in [0.2, 0.25) is 0 Å². The quantitative estimate of drug-likeness (QED) is 0.640. The summed E-state index contributed by atoms with van der Waals surface area (Å²) in [4.78, 5) is 5.07. The summed E-state index contributed by atoms with van der Waals surface area (Å²) in [6, 6.07) is 0.684. The normalized spacial score (nSPS) is 23.6. The lowest BCUT2D eigenvalue weighted by Gasteiger charge is -2.41. The molecule has 0 spiro atoms. The zero-order chi connectivity index (χ0) is 12.0. The lowest BCUT2D eigenvalue weighted by molar-refractivity contribution is 0.0537. The zero-order valence-electron chi connectivity index (χ0n) is 11.0. The number of ether oxygens (including phenoxy) is 1. The van der Waals surface area contributed by atoms with E-state index in [1.807, 2.05) is 0 Å². The molecule has 0 unspecified atom stereocenters. The molecule has 1 aliphatic rings. The minimum absolute atomic E-state index is 0.684. The molecule has 0 saturated carbocycles. The lowest BCUT2D eigenvalue weighted by Crippen LogP contribution is -2.53. The Hall–Kier alpha value is -0.380. The number of methoxy groups -OCH3 is 1. The molecule has 0 amide bonds. The van der Waals surface area contributed by atoms with Crippen molar-refractivity contribution in [1.29, 1.82) is 0 Å². The van der Waals surface area contributed by atoms with Crippen molar-refractivity contribution in [3.05, 3.63) is 12.2 Å². The van der Waals surface area contributed by atoms with E-state index in [9.17, 15) is 0 Å². The van der Waals surface area contributed by atoms with Crippen LogP contribution in [-0.2, 0) is 4.74 Å². The van der Waals surface area contributed by atoms with Crippen LogP contribution in [0.25, 0.3) is 0 Å². The van der Waals surface area contributed by atoms with Crippen LogP contribution in [0, 0.1) is 0 Å². The summed E-state index contributed by atoms with van der Waals surface area (Å²) in [5, 5.41) is 0. The molecule has 1 rings (SSSR count). The molecule has 16 heavy (non-hydrogen) atoms. The van der Waals surface area contributed by atoms with Crippen LogP contribution in [0.2, 0.25) is 0 Å². The van der Waals surface area contributed by atoms with Crippen molar-refractivity contribution in [3.63, 3.8) is 0 Å². The predicted octanol–water partition coefficient (Wildman–Crippen LogP) is 1.61. The standard InChI is InChI=1S/C13H26N2O/c1-5-13-11-14(10-12(2)3)6-7-15(13)8-9-16-4/h13H,2,5-11H2,1,3-4H3/t13-/m1/s1. The molecule has 1 saturated heterocycles. The van der Waals surface area contributed by atoms with Crippen LogP contribution >= 0.6 is 0 Å². The lowest BCUT2D eigenvalue weighted by atomic mass is 10.1. The van der Waals surface area contributed by atoms with Gasteiger partial charge in [-0.2, -0.15) is 0 Å². The van der Waals surface area contributed by atoms with Crippen LogP contribution in [0.15, 0.2) is 12.2 Å². The molecule has 0 radical (unpaired) electrons. The van der Waals surface area contributed by atoms with Gasteiger partial charge in [-0.05, 0) is 13.3 Å². The Morgan fingerprint density at radius 2 is 2.19 bits per heavy atom. The molecule has 0 aromatic rings. The Balaban J connectivity index is 2.40. The summed E-state index contributed by atoms with van der Waals surface area (Å²) in [6.07, 6.45) is 1.22. The SMILES string of the molecule is C=C(C)CN1CCN(CCOC)[C@H](CC)C1. The zero-order valence-corrected chi connectivity index (χ0v) is 11.0. The second-order valence-corrected chi connectivity index (χ2v) is 4.78. The van der Waals surface area contributed by atoms with Crippen LogP contribution in [0.5, 0.6) is 0 Å². The third-order valence-electron chi connectivity index (χ3n) is 3.24. The number of hydrogen-bond donors (Lipinski definition) is 0. The maximum Gasteiger partial charge on any atom is 0.0589 e. The summed E-state index contributed by atoms with van der Waals surface area (Å²) in [7, 11) is 1.78. The maximum absolute atomic E-state index is 5.16. The third kappa shape index (κ3) is 4.24. The maximum atomic E-state index is 5.16. The molecule has 94 valence electrons. The van der Waals surface area contributed by atoms with Crippen molar-refractivity contribution in [2.24, 2.45) is 0 Å². The first-order chi connectivity index (χ1) is 7.67. The number of piperazine rings is 1. The van der Waals surface area contributed by atoms with Crippen molar-refractivity contribution in [2.75, 3.05) is 46.4 Å². The van der Waals surface area contributed by atoms with Gasteiger partial charge in [0.15, 0.2) is 0 Å². The molecule has 0 aromatic carbocycles. The Kier molecular flexibility index (Phi) is 6.03. The Morgan fingerprint density at radius 3 is 2.75 bits per heavy atom. The summed E-state index contributed by atoms with van der Waals surface area (Å²) < 4.78 is 5.16. The van der Waals surface area contributed by atoms with E-state index in [0.29, 0.717) is 6.04 Å². The van der Waals surface area contributed by atoms with E-state index in [0.717, 1.165) is 32.8 Å². The second-order valence-electron chi connectivity index (χ2n) is 4.78. The first-order valence-corrected chi connectivity index (χ1v) is 6.27. The van der Waals surface area contributed by atoms with Gasteiger partial charge >= 0.3 is 0 Å². The van der Waals surface area contributed by atoms with Gasteiger partial charge in [-0.1, -0.05) is 19.1 Å². The molecule has 0 bridgehead atoms. The summed E-state index contributed by atoms with van der Waals surface area (Å²) in [5.74, 6) is 0. The Bertz CT molecular complexity index is 218. The largest absolute Gasteiger partial charge is 0.383 e. The third-order valence-corrected chi connectivity index (χ3v) is 3.24. The van der Waals surface area contributed by atoms with Gasteiger partial charge in [0.05, 0.1) is 6.61 Å². The highest BCUT2D eigenvalue weighted by molar-refractivity contribution is 4.94. The predicted molar refractivity (Wildman–Crippen MR) is 68.8 cm³/mol. The highest BCUT2D eigenvalue weighted by Gasteiger charge is 2.24. The second kappa shape index (κ2) is 7.05. The Labute approximate surface area is 100 Å². The highest BCUT2D eigenvalue weighted by Crippen LogP contribution is 2.13. The first kappa shape index (κ1) is 13.7. The van der Waals surface area contributed by atoms with Crippen molar-refractivity contribution < 1.29 is 4.74 Å². The Morgan fingerprint density at radius 1 is 1.44 bits per heavy atom. The molecular formula is C13H26N2O. The summed E-state index contributed by atoms with van der Waals surface area (Å²) in [6.45, 7) is 14.8. The van der Waals surface area contributed by atoms with Crippen LogP contribution in [0.3, 0.4) is 0 Å². The van der Waals surface area contributed by atoms with Gasteiger partial charge in [0, 0.05) is 45.9 Å². The van der Waals surface area contributed by atoms with Gasteiger partial charge in [0.25, 0.3) is 0 Å². The minimum atomic E-state index is 0.684. The smallest absolute Gasteiger partial charge is 0.0589 e. The van der Waals surface area contributed by atoms with E-state index in [1.54, 1.807) is 7.11 Å². The average Bonchev–Trinajstić information content (AvgIpc) is 2.26. The van der Waals surface area contributed by atoms with Gasteiger partial charge in [-0.15, -0.1) is 0 Å². The summed E-state index contributed by atoms with van der Waals surface area (Å²) in [5.41, 5.74) is 1.26. The van der Waals surface area contributed by atoms with Gasteiger partial charge < -0.3 is 4.74 Å². The van der Waals surface area contributed by atoms with Crippen LogP contribution in [-0.4, -0.2) is 62.3 Å². The van der Waals surface area contributed by atoms with Crippen LogP contribution in [0.1, 0.15) is 20.3 Å². The number of nitrogens with zero attached hydrogens (tertiary/aromatic N) is 2. The molecule has 0 N–H and O–H groups in total. The molecule has 0 aliphatic carbocycles. The molecule has 1 fully saturated rings. The van der Waals surface area contributed by atoms with Crippen molar-refractivity contribution in [1.82, 2.24) is 9.80 Å². The van der Waals surface area contributed by atoms with E-state index in [2.05, 4.69) is 30.2 Å². The van der Waals surface area contributed by atoms with Crippen LogP contribution in [0.4, 0.5) is 0 Å². The summed E-state index contributed by atoms with van der Waals surface area (Å²) >= 11 is 0. The van der Waals surface area contributed by atoms with E-state index >= 15 is 0 Å². The molecule has 1 atom stereocenters. The first-order valence-electron chi connectivity index (χ1n) is 6.27. The fourth-order valence-electron chi connectivity index (χ4n) is 2.37. The van der Waals surface area contributed by atoms with Gasteiger partial charge in [-0.25, -0.2) is 0 Å². The van der Waals surface area contributed by atoms with Crippen molar-refractivity contribution >= 4 is 0 Å². The number of hydrogen-bond acceptors (Lipinski definition) is 3. The van der Waals surface area contributed by atoms with Crippen LogP contribution < -0.4 is 0 Å². The molecule has 0 aromatic heterocycles.